The van der Waals surface area contributed by atoms with E-state index in [0.717, 1.165) is 42.1 Å². The fraction of sp³-hybridized carbons (Fsp3) is 1.00. The van der Waals surface area contributed by atoms with Gasteiger partial charge in [0, 0.05) is 0 Å². The molecule has 20 heavy (non-hydrogen) atoms. The molecule has 2 rings (SSSR count). The van der Waals surface area contributed by atoms with Crippen molar-refractivity contribution < 1.29 is 0 Å². The zero-order valence-corrected chi connectivity index (χ0v) is 14.3. The molecule has 118 valence electrons. The van der Waals surface area contributed by atoms with Crippen molar-refractivity contribution in [3.05, 3.63) is 0 Å². The Bertz CT molecular complexity index is 265. The van der Waals surface area contributed by atoms with Crippen LogP contribution in [0.1, 0.15) is 72.6 Å². The van der Waals surface area contributed by atoms with E-state index in [1.54, 1.807) is 0 Å². The fourth-order valence-corrected chi connectivity index (χ4v) is 5.25. The molecule has 2 aliphatic rings. The maximum Gasteiger partial charge on any atom is -0.00179 e. The quantitative estimate of drug-likeness (QED) is 0.737. The number of hydrogen-bond acceptors (Lipinski definition) is 1. The van der Waals surface area contributed by atoms with Crippen LogP contribution >= 0.6 is 0 Å². The smallest absolute Gasteiger partial charge is 0.00179 e. The van der Waals surface area contributed by atoms with E-state index in [0.29, 0.717) is 0 Å². The first-order valence-corrected chi connectivity index (χ1v) is 9.34. The summed E-state index contributed by atoms with van der Waals surface area (Å²) in [6.07, 6.45) is 10.4. The first-order chi connectivity index (χ1) is 9.63. The largest absolute Gasteiger partial charge is 0.317 e. The van der Waals surface area contributed by atoms with Gasteiger partial charge < -0.3 is 5.32 Å². The van der Waals surface area contributed by atoms with E-state index >= 15 is 0 Å². The van der Waals surface area contributed by atoms with Gasteiger partial charge in [0.15, 0.2) is 0 Å². The summed E-state index contributed by atoms with van der Waals surface area (Å²) in [5.74, 6) is 5.94. The van der Waals surface area contributed by atoms with Crippen molar-refractivity contribution in [3.8, 4) is 0 Å². The predicted octanol–water partition coefficient (Wildman–Crippen LogP) is 5.11. The first-order valence-electron chi connectivity index (χ1n) is 9.34. The third-order valence-electron chi connectivity index (χ3n) is 6.21. The van der Waals surface area contributed by atoms with Crippen molar-refractivity contribution in [1.29, 1.82) is 0 Å². The van der Waals surface area contributed by atoms with Gasteiger partial charge >= 0.3 is 0 Å². The Kier molecular flexibility index (Phi) is 6.39. The zero-order valence-electron chi connectivity index (χ0n) is 14.3. The minimum Gasteiger partial charge on any atom is -0.317 e. The summed E-state index contributed by atoms with van der Waals surface area (Å²) in [7, 11) is 0. The SMILES string of the molecule is CCNCC1CCC(CC)CC1C1CC(C)CC(C)C1. The minimum absolute atomic E-state index is 0.959. The predicted molar refractivity (Wildman–Crippen MR) is 88.8 cm³/mol. The molecule has 1 N–H and O–H groups in total. The summed E-state index contributed by atoms with van der Waals surface area (Å²) < 4.78 is 0. The third kappa shape index (κ3) is 4.23. The molecule has 0 aromatic rings. The monoisotopic (exact) mass is 279 g/mol. The second-order valence-corrected chi connectivity index (χ2v) is 8.00. The molecule has 0 aromatic carbocycles. The molecule has 2 saturated carbocycles. The summed E-state index contributed by atoms with van der Waals surface area (Å²) >= 11 is 0. The van der Waals surface area contributed by atoms with E-state index in [4.69, 9.17) is 0 Å². The molecule has 0 saturated heterocycles. The molecule has 0 bridgehead atoms. The topological polar surface area (TPSA) is 12.0 Å². The molecular weight excluding hydrogens is 242 g/mol. The van der Waals surface area contributed by atoms with Crippen LogP contribution in [-0.2, 0) is 0 Å². The molecule has 2 fully saturated rings. The van der Waals surface area contributed by atoms with Gasteiger partial charge in [-0.3, -0.25) is 0 Å². The van der Waals surface area contributed by atoms with Crippen molar-refractivity contribution in [3.63, 3.8) is 0 Å². The van der Waals surface area contributed by atoms with Crippen LogP contribution in [0.3, 0.4) is 0 Å². The summed E-state index contributed by atoms with van der Waals surface area (Å²) in [6.45, 7) is 12.0. The van der Waals surface area contributed by atoms with Crippen molar-refractivity contribution >= 4 is 0 Å². The number of hydrogen-bond donors (Lipinski definition) is 1. The van der Waals surface area contributed by atoms with E-state index in [1.807, 2.05) is 0 Å². The van der Waals surface area contributed by atoms with E-state index in [9.17, 15) is 0 Å². The van der Waals surface area contributed by atoms with Gasteiger partial charge in [-0.05, 0) is 80.7 Å². The van der Waals surface area contributed by atoms with Crippen LogP contribution in [0.2, 0.25) is 0 Å². The van der Waals surface area contributed by atoms with E-state index < -0.39 is 0 Å². The molecule has 0 spiro atoms. The molecular formula is C19H37N. The Balaban J connectivity index is 2.01. The molecule has 5 atom stereocenters. The lowest BCUT2D eigenvalue weighted by Gasteiger charge is -2.44. The minimum atomic E-state index is 0.959. The lowest BCUT2D eigenvalue weighted by Crippen LogP contribution is -2.39. The number of rotatable bonds is 5. The normalized spacial score (nSPS) is 42.6. The van der Waals surface area contributed by atoms with Crippen molar-refractivity contribution in [2.75, 3.05) is 13.1 Å². The van der Waals surface area contributed by atoms with Gasteiger partial charge in [0.25, 0.3) is 0 Å². The van der Waals surface area contributed by atoms with Gasteiger partial charge in [-0.15, -0.1) is 0 Å². The van der Waals surface area contributed by atoms with Crippen molar-refractivity contribution in [2.45, 2.75) is 72.6 Å². The summed E-state index contributed by atoms with van der Waals surface area (Å²) in [5.41, 5.74) is 0. The van der Waals surface area contributed by atoms with Crippen LogP contribution in [0.15, 0.2) is 0 Å². The molecule has 5 unspecified atom stereocenters. The van der Waals surface area contributed by atoms with E-state index in [1.165, 1.54) is 51.5 Å². The molecule has 1 heteroatoms. The van der Waals surface area contributed by atoms with Crippen LogP contribution < -0.4 is 5.32 Å². The van der Waals surface area contributed by atoms with E-state index in [2.05, 4.69) is 33.0 Å². The van der Waals surface area contributed by atoms with Crippen molar-refractivity contribution in [2.24, 2.45) is 35.5 Å². The average Bonchev–Trinajstić information content (AvgIpc) is 2.44. The van der Waals surface area contributed by atoms with Crippen LogP contribution in [0.25, 0.3) is 0 Å². The molecule has 2 aliphatic carbocycles. The van der Waals surface area contributed by atoms with Crippen LogP contribution in [0.5, 0.6) is 0 Å². The molecule has 0 heterocycles. The molecule has 0 aliphatic heterocycles. The molecule has 0 aromatic heterocycles. The molecule has 0 amide bonds. The zero-order chi connectivity index (χ0) is 14.5. The Hall–Kier alpha value is -0.0400. The van der Waals surface area contributed by atoms with Crippen LogP contribution in [-0.4, -0.2) is 13.1 Å². The second kappa shape index (κ2) is 7.82. The highest BCUT2D eigenvalue weighted by Crippen LogP contribution is 2.46. The van der Waals surface area contributed by atoms with E-state index in [-0.39, 0.29) is 0 Å². The van der Waals surface area contributed by atoms with Crippen molar-refractivity contribution in [1.82, 2.24) is 5.32 Å². The van der Waals surface area contributed by atoms with Crippen LogP contribution in [0, 0.1) is 35.5 Å². The van der Waals surface area contributed by atoms with Gasteiger partial charge in [-0.2, -0.15) is 0 Å². The Morgan fingerprint density at radius 2 is 1.60 bits per heavy atom. The van der Waals surface area contributed by atoms with Gasteiger partial charge in [0.05, 0.1) is 0 Å². The highest BCUT2D eigenvalue weighted by atomic mass is 14.8. The van der Waals surface area contributed by atoms with Gasteiger partial charge in [-0.1, -0.05) is 40.5 Å². The Morgan fingerprint density at radius 1 is 0.900 bits per heavy atom. The molecule has 0 radical (unpaired) electrons. The van der Waals surface area contributed by atoms with Gasteiger partial charge in [-0.25, -0.2) is 0 Å². The standard InChI is InChI=1S/C19H37N/c1-5-16-7-8-17(13-20-6-2)19(12-16)18-10-14(3)9-15(4)11-18/h14-20H,5-13H2,1-4H3. The summed E-state index contributed by atoms with van der Waals surface area (Å²) in [6, 6.07) is 0. The highest BCUT2D eigenvalue weighted by molar-refractivity contribution is 4.88. The first kappa shape index (κ1) is 16.3. The third-order valence-corrected chi connectivity index (χ3v) is 6.21. The summed E-state index contributed by atoms with van der Waals surface area (Å²) in [5, 5.41) is 3.64. The summed E-state index contributed by atoms with van der Waals surface area (Å²) in [4.78, 5) is 0. The molecule has 1 nitrogen and oxygen atoms in total. The number of nitrogens with one attached hydrogen (secondary N) is 1. The van der Waals surface area contributed by atoms with Crippen LogP contribution in [0.4, 0.5) is 0 Å². The lowest BCUT2D eigenvalue weighted by atomic mass is 9.62. The average molecular weight is 280 g/mol. The maximum absolute atomic E-state index is 3.64. The Morgan fingerprint density at radius 3 is 2.20 bits per heavy atom. The lowest BCUT2D eigenvalue weighted by molar-refractivity contribution is 0.0651. The second-order valence-electron chi connectivity index (χ2n) is 8.00. The Labute approximate surface area is 127 Å². The maximum atomic E-state index is 3.64. The highest BCUT2D eigenvalue weighted by Gasteiger charge is 2.37. The fourth-order valence-electron chi connectivity index (χ4n) is 5.25. The van der Waals surface area contributed by atoms with Gasteiger partial charge in [0.1, 0.15) is 0 Å². The van der Waals surface area contributed by atoms with Gasteiger partial charge in [0.2, 0.25) is 0 Å².